The second-order valence-corrected chi connectivity index (χ2v) is 5.61. The molecule has 0 bridgehead atoms. The Kier molecular flexibility index (Phi) is 8.52. The quantitative estimate of drug-likeness (QED) is 0.546. The first-order valence-corrected chi connectivity index (χ1v) is 7.79. The molecular formula is C13H25BrF3N. The highest BCUT2D eigenvalue weighted by Crippen LogP contribution is 2.34. The van der Waals surface area contributed by atoms with Crippen LogP contribution in [-0.4, -0.2) is 36.0 Å². The first kappa shape index (κ1) is 18.2. The Balaban J connectivity index is 4.69. The lowest BCUT2D eigenvalue weighted by Crippen LogP contribution is -2.43. The number of rotatable bonds is 9. The van der Waals surface area contributed by atoms with E-state index >= 15 is 0 Å². The normalized spacial score (nSPS) is 13.3. The fourth-order valence-corrected chi connectivity index (χ4v) is 3.27. The molecule has 0 saturated carbocycles. The first-order valence-electron chi connectivity index (χ1n) is 6.67. The van der Waals surface area contributed by atoms with Crippen molar-refractivity contribution in [3.8, 4) is 0 Å². The van der Waals surface area contributed by atoms with E-state index in [2.05, 4.69) is 29.8 Å². The maximum atomic E-state index is 12.5. The van der Waals surface area contributed by atoms with Crippen LogP contribution in [0.25, 0.3) is 0 Å². The second kappa shape index (κ2) is 8.41. The molecule has 110 valence electrons. The lowest BCUT2D eigenvalue weighted by Gasteiger charge is -2.37. The van der Waals surface area contributed by atoms with Crippen molar-refractivity contribution in [1.82, 2.24) is 4.90 Å². The van der Waals surface area contributed by atoms with Crippen molar-refractivity contribution in [3.05, 3.63) is 0 Å². The van der Waals surface area contributed by atoms with E-state index in [0.717, 1.165) is 31.0 Å². The molecule has 0 amide bonds. The van der Waals surface area contributed by atoms with E-state index in [1.807, 2.05) is 0 Å². The van der Waals surface area contributed by atoms with Crippen molar-refractivity contribution >= 4 is 15.9 Å². The van der Waals surface area contributed by atoms with Crippen LogP contribution in [0.15, 0.2) is 0 Å². The SMILES string of the molecule is CCCC(CBr)(CCC)CN(CC)CC(F)(F)F. The minimum absolute atomic E-state index is 0.0231. The Morgan fingerprint density at radius 2 is 1.44 bits per heavy atom. The third-order valence-corrected chi connectivity index (χ3v) is 4.44. The summed E-state index contributed by atoms with van der Waals surface area (Å²) in [5.74, 6) is 0. The average molecular weight is 332 g/mol. The summed E-state index contributed by atoms with van der Waals surface area (Å²) in [6, 6.07) is 0. The molecule has 0 unspecified atom stereocenters. The van der Waals surface area contributed by atoms with Crippen molar-refractivity contribution in [2.75, 3.05) is 25.0 Å². The van der Waals surface area contributed by atoms with Crippen molar-refractivity contribution in [2.45, 2.75) is 52.6 Å². The minimum Gasteiger partial charge on any atom is -0.295 e. The molecule has 0 fully saturated rings. The van der Waals surface area contributed by atoms with Gasteiger partial charge in [-0.05, 0) is 24.8 Å². The Labute approximate surface area is 117 Å². The van der Waals surface area contributed by atoms with Crippen LogP contribution in [0.1, 0.15) is 46.5 Å². The topological polar surface area (TPSA) is 3.24 Å². The van der Waals surface area contributed by atoms with Crippen LogP contribution < -0.4 is 0 Å². The van der Waals surface area contributed by atoms with E-state index in [9.17, 15) is 13.2 Å². The zero-order chi connectivity index (χ0) is 14.2. The Morgan fingerprint density at radius 3 is 1.72 bits per heavy atom. The van der Waals surface area contributed by atoms with Gasteiger partial charge in [0.1, 0.15) is 0 Å². The van der Waals surface area contributed by atoms with Gasteiger partial charge in [0.05, 0.1) is 6.54 Å². The molecule has 0 saturated heterocycles. The molecule has 0 aromatic carbocycles. The standard InChI is InChI=1S/C13H25BrF3N/c1-4-7-12(9-14,8-5-2)10-18(6-3)11-13(15,16)17/h4-11H2,1-3H3. The van der Waals surface area contributed by atoms with Gasteiger partial charge in [-0.25, -0.2) is 0 Å². The number of halogens is 4. The third kappa shape index (κ3) is 6.98. The van der Waals surface area contributed by atoms with Gasteiger partial charge in [-0.1, -0.05) is 49.5 Å². The zero-order valence-corrected chi connectivity index (χ0v) is 13.2. The predicted molar refractivity (Wildman–Crippen MR) is 74.2 cm³/mol. The van der Waals surface area contributed by atoms with Gasteiger partial charge in [-0.3, -0.25) is 4.90 Å². The largest absolute Gasteiger partial charge is 0.401 e. The molecule has 0 N–H and O–H groups in total. The maximum Gasteiger partial charge on any atom is 0.401 e. The van der Waals surface area contributed by atoms with E-state index in [0.29, 0.717) is 13.1 Å². The summed E-state index contributed by atoms with van der Waals surface area (Å²) in [5.41, 5.74) is -0.0231. The van der Waals surface area contributed by atoms with Crippen LogP contribution in [0.4, 0.5) is 13.2 Å². The van der Waals surface area contributed by atoms with Crippen molar-refractivity contribution in [2.24, 2.45) is 5.41 Å². The molecule has 0 aliphatic heterocycles. The van der Waals surface area contributed by atoms with Gasteiger partial charge in [0, 0.05) is 11.9 Å². The number of alkyl halides is 4. The van der Waals surface area contributed by atoms with Crippen LogP contribution in [0, 0.1) is 5.41 Å². The fraction of sp³-hybridized carbons (Fsp3) is 1.00. The summed E-state index contributed by atoms with van der Waals surface area (Å²) >= 11 is 3.50. The lowest BCUT2D eigenvalue weighted by atomic mass is 9.80. The summed E-state index contributed by atoms with van der Waals surface area (Å²) in [6.07, 6.45) is -0.141. The van der Waals surface area contributed by atoms with Gasteiger partial charge in [0.25, 0.3) is 0 Å². The van der Waals surface area contributed by atoms with Gasteiger partial charge >= 0.3 is 6.18 Å². The highest BCUT2D eigenvalue weighted by molar-refractivity contribution is 9.09. The van der Waals surface area contributed by atoms with Crippen LogP contribution in [0.5, 0.6) is 0 Å². The molecule has 0 spiro atoms. The third-order valence-electron chi connectivity index (χ3n) is 3.25. The van der Waals surface area contributed by atoms with Gasteiger partial charge in [0.2, 0.25) is 0 Å². The molecule has 18 heavy (non-hydrogen) atoms. The number of nitrogens with zero attached hydrogens (tertiary/aromatic N) is 1. The molecular weight excluding hydrogens is 307 g/mol. The van der Waals surface area contributed by atoms with Crippen molar-refractivity contribution in [1.29, 1.82) is 0 Å². The van der Waals surface area contributed by atoms with Gasteiger partial charge in [-0.15, -0.1) is 0 Å². The van der Waals surface area contributed by atoms with E-state index in [4.69, 9.17) is 0 Å². The Hall–Kier alpha value is 0.230. The van der Waals surface area contributed by atoms with E-state index in [1.54, 1.807) is 6.92 Å². The predicted octanol–water partition coefficient (Wildman–Crippen LogP) is 4.85. The molecule has 0 aliphatic carbocycles. The summed E-state index contributed by atoms with van der Waals surface area (Å²) in [7, 11) is 0. The smallest absolute Gasteiger partial charge is 0.295 e. The van der Waals surface area contributed by atoms with E-state index in [-0.39, 0.29) is 5.41 Å². The van der Waals surface area contributed by atoms with Gasteiger partial charge < -0.3 is 0 Å². The van der Waals surface area contributed by atoms with Crippen LogP contribution in [0.2, 0.25) is 0 Å². The molecule has 0 radical (unpaired) electrons. The summed E-state index contributed by atoms with van der Waals surface area (Å²) < 4.78 is 37.5. The lowest BCUT2D eigenvalue weighted by molar-refractivity contribution is -0.148. The fourth-order valence-electron chi connectivity index (χ4n) is 2.53. The Bertz CT molecular complexity index is 213. The second-order valence-electron chi connectivity index (χ2n) is 5.05. The molecule has 1 nitrogen and oxygen atoms in total. The van der Waals surface area contributed by atoms with Crippen LogP contribution in [0.3, 0.4) is 0 Å². The molecule has 0 atom stereocenters. The van der Waals surface area contributed by atoms with Gasteiger partial charge in [0.15, 0.2) is 0 Å². The summed E-state index contributed by atoms with van der Waals surface area (Å²) in [5, 5.41) is 0.774. The van der Waals surface area contributed by atoms with E-state index < -0.39 is 12.7 Å². The molecule has 0 aromatic heterocycles. The van der Waals surface area contributed by atoms with E-state index in [1.165, 1.54) is 4.90 Å². The van der Waals surface area contributed by atoms with Crippen LogP contribution >= 0.6 is 15.9 Å². The Morgan fingerprint density at radius 1 is 0.944 bits per heavy atom. The average Bonchev–Trinajstić information content (AvgIpc) is 2.27. The van der Waals surface area contributed by atoms with Gasteiger partial charge in [-0.2, -0.15) is 13.2 Å². The summed E-state index contributed by atoms with van der Waals surface area (Å²) in [6.45, 7) is 6.14. The molecule has 0 aliphatic rings. The van der Waals surface area contributed by atoms with Crippen molar-refractivity contribution < 1.29 is 13.2 Å². The van der Waals surface area contributed by atoms with Crippen LogP contribution in [-0.2, 0) is 0 Å². The molecule has 0 aromatic rings. The molecule has 0 heterocycles. The molecule has 0 rings (SSSR count). The number of hydrogen-bond acceptors (Lipinski definition) is 1. The molecule has 5 heteroatoms. The zero-order valence-electron chi connectivity index (χ0n) is 11.6. The minimum atomic E-state index is -4.10. The maximum absolute atomic E-state index is 12.5. The number of hydrogen-bond donors (Lipinski definition) is 0. The summed E-state index contributed by atoms with van der Waals surface area (Å²) in [4.78, 5) is 1.52. The van der Waals surface area contributed by atoms with Crippen molar-refractivity contribution in [3.63, 3.8) is 0 Å². The highest BCUT2D eigenvalue weighted by atomic mass is 79.9. The first-order chi connectivity index (χ1) is 8.32. The monoisotopic (exact) mass is 331 g/mol. The highest BCUT2D eigenvalue weighted by Gasteiger charge is 2.35.